The predicted molar refractivity (Wildman–Crippen MR) is 48.6 cm³/mol. The number of hydrogen-bond donors (Lipinski definition) is 0. The van der Waals surface area contributed by atoms with E-state index in [9.17, 15) is 0 Å². The quantitative estimate of drug-likeness (QED) is 0.474. The second-order valence-electron chi connectivity index (χ2n) is 1.75. The minimum atomic E-state index is 0.194. The van der Waals surface area contributed by atoms with Crippen LogP contribution in [-0.2, 0) is 0 Å². The summed E-state index contributed by atoms with van der Waals surface area (Å²) in [7, 11) is 0. The summed E-state index contributed by atoms with van der Waals surface area (Å²) in [5.41, 5.74) is 0. The van der Waals surface area contributed by atoms with Gasteiger partial charge in [-0.25, -0.2) is 0 Å². The molecule has 0 aromatic rings. The molecule has 0 heterocycles. The molecule has 0 unspecified atom stereocenters. The van der Waals surface area contributed by atoms with E-state index < -0.39 is 0 Å². The topological polar surface area (TPSA) is 0 Å². The minimum Gasteiger partial charge on any atom is -0.0820 e. The Morgan fingerprint density at radius 1 is 1.50 bits per heavy atom. The lowest BCUT2D eigenvalue weighted by molar-refractivity contribution is 1.05. The second-order valence-corrected chi connectivity index (χ2v) is 6.57. The first-order chi connectivity index (χ1) is 3.71. The van der Waals surface area contributed by atoms with Crippen LogP contribution in [0.5, 0.6) is 0 Å². The van der Waals surface area contributed by atoms with Gasteiger partial charge in [-0.2, -0.15) is 0 Å². The van der Waals surface area contributed by atoms with Crippen LogP contribution in [0.4, 0.5) is 0 Å². The zero-order valence-electron chi connectivity index (χ0n) is 4.27. The molecule has 0 spiro atoms. The van der Waals surface area contributed by atoms with E-state index >= 15 is 0 Å². The molecule has 0 saturated carbocycles. The van der Waals surface area contributed by atoms with Crippen LogP contribution in [0.1, 0.15) is 6.42 Å². The molecule has 1 aliphatic carbocycles. The van der Waals surface area contributed by atoms with Gasteiger partial charge in [-0.3, -0.25) is 0 Å². The fraction of sp³-hybridized carbons (Fsp3) is 0.333. The van der Waals surface area contributed by atoms with Gasteiger partial charge in [0.25, 0.3) is 0 Å². The summed E-state index contributed by atoms with van der Waals surface area (Å²) < 4.78 is 0.194. The highest BCUT2D eigenvalue weighted by atomic mass is 127. The van der Waals surface area contributed by atoms with Gasteiger partial charge in [-0.1, -0.05) is 62.8 Å². The summed E-state index contributed by atoms with van der Waals surface area (Å²) >= 11 is 5.91. The lowest BCUT2D eigenvalue weighted by atomic mass is 10.2. The van der Waals surface area contributed by atoms with E-state index in [-0.39, 0.29) is 2.33 Å². The Hall–Kier alpha value is 0.690. The maximum atomic E-state index is 3.54. The maximum Gasteiger partial charge on any atom is 0.0986 e. The van der Waals surface area contributed by atoms with Gasteiger partial charge in [-0.15, -0.1) is 0 Å². The second kappa shape index (κ2) is 2.52. The molecule has 44 valence electrons. The molecule has 0 aromatic heterocycles. The molecule has 0 radical (unpaired) electrons. The number of alkyl halides is 2. The zero-order valence-corrected chi connectivity index (χ0v) is 8.02. The molecule has 1 aliphatic rings. The Morgan fingerprint density at radius 2 is 2.25 bits per heavy atom. The molecule has 0 saturated heterocycles. The molecular weight excluding hydrogens is 279 g/mol. The molecular formula is C6H6BrI. The third kappa shape index (κ3) is 1.90. The van der Waals surface area contributed by atoms with Crippen molar-refractivity contribution in [3.05, 3.63) is 24.3 Å². The number of allylic oxidation sites excluding steroid dienone is 4. The Labute approximate surface area is 71.3 Å². The van der Waals surface area contributed by atoms with Crippen molar-refractivity contribution in [1.82, 2.24) is 0 Å². The van der Waals surface area contributed by atoms with Crippen LogP contribution in [0, 0.1) is 0 Å². The average molecular weight is 285 g/mol. The van der Waals surface area contributed by atoms with Crippen LogP contribution >= 0.6 is 38.5 Å². The Kier molecular flexibility index (Phi) is 2.14. The van der Waals surface area contributed by atoms with Crippen molar-refractivity contribution in [2.24, 2.45) is 0 Å². The van der Waals surface area contributed by atoms with Crippen LogP contribution in [-0.4, -0.2) is 2.33 Å². The molecule has 0 amide bonds. The van der Waals surface area contributed by atoms with Gasteiger partial charge in [0.15, 0.2) is 0 Å². The molecule has 0 fully saturated rings. The van der Waals surface area contributed by atoms with Crippen molar-refractivity contribution < 1.29 is 0 Å². The number of hydrogen-bond acceptors (Lipinski definition) is 0. The van der Waals surface area contributed by atoms with Crippen LogP contribution in [0.15, 0.2) is 24.3 Å². The van der Waals surface area contributed by atoms with E-state index in [1.807, 2.05) is 0 Å². The normalized spacial score (nSPS) is 35.8. The van der Waals surface area contributed by atoms with Gasteiger partial charge in [-0.05, 0) is 6.42 Å². The fourth-order valence-electron chi connectivity index (χ4n) is 0.568. The van der Waals surface area contributed by atoms with Gasteiger partial charge >= 0.3 is 0 Å². The van der Waals surface area contributed by atoms with Crippen LogP contribution < -0.4 is 0 Å². The molecule has 0 nitrogen and oxygen atoms in total. The molecule has 8 heavy (non-hydrogen) atoms. The van der Waals surface area contributed by atoms with Crippen molar-refractivity contribution in [3.63, 3.8) is 0 Å². The van der Waals surface area contributed by atoms with Crippen molar-refractivity contribution in [3.8, 4) is 0 Å². The SMILES string of the molecule is Br[C@]1(I)C=CC=CC1. The van der Waals surface area contributed by atoms with Crippen molar-refractivity contribution in [2.75, 3.05) is 0 Å². The van der Waals surface area contributed by atoms with Crippen LogP contribution in [0.2, 0.25) is 0 Å². The first kappa shape index (κ1) is 6.81. The van der Waals surface area contributed by atoms with Crippen molar-refractivity contribution in [2.45, 2.75) is 8.75 Å². The van der Waals surface area contributed by atoms with E-state index in [1.165, 1.54) is 0 Å². The van der Waals surface area contributed by atoms with Gasteiger partial charge < -0.3 is 0 Å². The van der Waals surface area contributed by atoms with E-state index in [2.05, 4.69) is 62.8 Å². The minimum absolute atomic E-state index is 0.194. The molecule has 0 bridgehead atoms. The Bertz CT molecular complexity index is 135. The van der Waals surface area contributed by atoms with Gasteiger partial charge in [0.1, 0.15) is 0 Å². The molecule has 1 atom stereocenters. The molecule has 1 rings (SSSR count). The van der Waals surface area contributed by atoms with Gasteiger partial charge in [0.2, 0.25) is 0 Å². The maximum absolute atomic E-state index is 3.54. The van der Waals surface area contributed by atoms with E-state index in [0.29, 0.717) is 0 Å². The largest absolute Gasteiger partial charge is 0.0986 e. The van der Waals surface area contributed by atoms with Crippen LogP contribution in [0.25, 0.3) is 0 Å². The molecule has 0 aliphatic heterocycles. The predicted octanol–water partition coefficient (Wildman–Crippen LogP) is 3.03. The summed E-state index contributed by atoms with van der Waals surface area (Å²) in [6.07, 6.45) is 9.52. The molecule has 0 aromatic carbocycles. The molecule has 2 heteroatoms. The summed E-state index contributed by atoms with van der Waals surface area (Å²) in [5.74, 6) is 0. The van der Waals surface area contributed by atoms with E-state index in [0.717, 1.165) is 6.42 Å². The van der Waals surface area contributed by atoms with E-state index in [1.54, 1.807) is 0 Å². The fourth-order valence-corrected chi connectivity index (χ4v) is 1.37. The average Bonchev–Trinajstić information content (AvgIpc) is 1.65. The third-order valence-corrected chi connectivity index (χ3v) is 2.37. The van der Waals surface area contributed by atoms with Gasteiger partial charge in [0.05, 0.1) is 2.33 Å². The Balaban J connectivity index is 2.65. The lowest BCUT2D eigenvalue weighted by Crippen LogP contribution is -2.05. The monoisotopic (exact) mass is 284 g/mol. The molecule has 0 N–H and O–H groups in total. The standard InChI is InChI=1S/C6H6BrI/c7-6(8)4-2-1-3-5-6/h1-4H,5H2/t6-/m0/s1. The third-order valence-electron chi connectivity index (χ3n) is 0.977. The summed E-state index contributed by atoms with van der Waals surface area (Å²) in [4.78, 5) is 0. The zero-order chi connectivity index (χ0) is 6.04. The first-order valence-corrected chi connectivity index (χ1v) is 4.30. The summed E-state index contributed by atoms with van der Waals surface area (Å²) in [6.45, 7) is 0. The Morgan fingerprint density at radius 3 is 2.50 bits per heavy atom. The first-order valence-electron chi connectivity index (χ1n) is 2.43. The number of halogens is 2. The van der Waals surface area contributed by atoms with Crippen molar-refractivity contribution in [1.29, 1.82) is 0 Å². The highest BCUT2D eigenvalue weighted by Gasteiger charge is 2.16. The van der Waals surface area contributed by atoms with Gasteiger partial charge in [0, 0.05) is 0 Å². The van der Waals surface area contributed by atoms with Crippen molar-refractivity contribution >= 4 is 38.5 Å². The summed E-state index contributed by atoms with van der Waals surface area (Å²) in [5, 5.41) is 0. The lowest BCUT2D eigenvalue weighted by Gasteiger charge is -2.14. The highest BCUT2D eigenvalue weighted by Crippen LogP contribution is 2.34. The van der Waals surface area contributed by atoms with E-state index in [4.69, 9.17) is 0 Å². The number of rotatable bonds is 0. The highest BCUT2D eigenvalue weighted by molar-refractivity contribution is 14.1. The smallest absolute Gasteiger partial charge is 0.0820 e. The van der Waals surface area contributed by atoms with Crippen LogP contribution in [0.3, 0.4) is 0 Å². The summed E-state index contributed by atoms with van der Waals surface area (Å²) in [6, 6.07) is 0.